The predicted molar refractivity (Wildman–Crippen MR) is 106 cm³/mol. The maximum Gasteiger partial charge on any atom is -0.0149 e. The molecule has 3 rings (SSSR count). The zero-order chi connectivity index (χ0) is 16.3. The van der Waals surface area contributed by atoms with Gasteiger partial charge in [-0.2, -0.15) is 0 Å². The fourth-order valence-electron chi connectivity index (χ4n) is 2.78. The Morgan fingerprint density at radius 3 is 1.43 bits per heavy atom. The van der Waals surface area contributed by atoms with Gasteiger partial charge in [-0.15, -0.1) is 0 Å². The van der Waals surface area contributed by atoms with E-state index in [0.29, 0.717) is 0 Å². The standard InChI is InChI=1S/C13H9.C6H10.2CH3.H4Si.Ti/c1-3-7-12-10(5-1)9-11-6-2-4-8-13(11)12;1-5(2)6(3)4;;;;/h1-9H;1,3H2,2,4H3;2*1H3;1H4;. The second-order valence-corrected chi connectivity index (χ2v) is 10.5. The minimum atomic E-state index is -0.968. The van der Waals surface area contributed by atoms with Gasteiger partial charge in [0.1, 0.15) is 0 Å². The van der Waals surface area contributed by atoms with Crippen molar-refractivity contribution in [1.82, 2.24) is 0 Å². The maximum atomic E-state index is 3.66. The van der Waals surface area contributed by atoms with Gasteiger partial charge in [-0.1, -0.05) is 24.3 Å². The summed E-state index contributed by atoms with van der Waals surface area (Å²) in [6, 6.07) is 17.9. The molecule has 0 fully saturated rings. The summed E-state index contributed by atoms with van der Waals surface area (Å²) in [5.74, 6) is 0. The monoisotopic (exact) mass is 357 g/mol. The van der Waals surface area contributed by atoms with E-state index < -0.39 is 17.9 Å². The van der Waals surface area contributed by atoms with Crippen molar-refractivity contribution in [2.24, 2.45) is 0 Å². The Morgan fingerprint density at radius 1 is 0.783 bits per heavy atom. The third-order valence-corrected chi connectivity index (χ3v) is 6.91. The van der Waals surface area contributed by atoms with E-state index in [1.807, 2.05) is 13.8 Å². The maximum absolute atomic E-state index is 3.66. The van der Waals surface area contributed by atoms with Crippen molar-refractivity contribution in [2.45, 2.75) is 28.5 Å². The van der Waals surface area contributed by atoms with Gasteiger partial charge in [0.15, 0.2) is 0 Å². The van der Waals surface area contributed by atoms with E-state index in [0.717, 1.165) is 15.4 Å². The van der Waals surface area contributed by atoms with Crippen molar-refractivity contribution in [3.05, 3.63) is 84.0 Å². The van der Waals surface area contributed by atoms with Crippen LogP contribution >= 0.6 is 0 Å². The molecule has 0 bridgehead atoms. The summed E-state index contributed by atoms with van der Waals surface area (Å²) in [5, 5.41) is 4.95. The van der Waals surface area contributed by atoms with E-state index in [-0.39, 0.29) is 11.0 Å². The summed E-state index contributed by atoms with van der Waals surface area (Å²) >= 11 is -0.968. The van der Waals surface area contributed by atoms with Gasteiger partial charge < -0.3 is 0 Å². The first-order valence-corrected chi connectivity index (χ1v) is 11.8. The second-order valence-electron chi connectivity index (χ2n) is 6.25. The smallest absolute Gasteiger partial charge is 0.0149 e. The van der Waals surface area contributed by atoms with Crippen LogP contribution in [0.5, 0.6) is 0 Å². The van der Waals surface area contributed by atoms with E-state index >= 15 is 0 Å². The average molecular weight is 357 g/mol. The average Bonchev–Trinajstić information content (AvgIpc) is 2.82. The Labute approximate surface area is 152 Å². The van der Waals surface area contributed by atoms with Crippen molar-refractivity contribution in [3.8, 4) is 11.1 Å². The van der Waals surface area contributed by atoms with Gasteiger partial charge in [0.05, 0.1) is 0 Å². The van der Waals surface area contributed by atoms with Crippen molar-refractivity contribution < 1.29 is 17.9 Å². The Morgan fingerprint density at radius 2 is 1.13 bits per heavy atom. The van der Waals surface area contributed by atoms with Gasteiger partial charge >= 0.3 is 103 Å². The molecule has 121 valence electrons. The molecule has 0 nitrogen and oxygen atoms in total. The molecular weight excluding hydrogens is 328 g/mol. The number of benzene rings is 2. The number of rotatable bonds is 2. The van der Waals surface area contributed by atoms with Gasteiger partial charge in [0.2, 0.25) is 0 Å². The van der Waals surface area contributed by atoms with Gasteiger partial charge in [-0.25, -0.2) is 0 Å². The van der Waals surface area contributed by atoms with Crippen LogP contribution in [0.2, 0.25) is 10.5 Å². The van der Waals surface area contributed by atoms with Crippen LogP contribution < -0.4 is 0 Å². The van der Waals surface area contributed by atoms with Crippen molar-refractivity contribution in [3.63, 3.8) is 0 Å². The molecule has 0 saturated heterocycles. The Kier molecular flexibility index (Phi) is 7.47. The fourth-order valence-corrected chi connectivity index (χ4v) is 5.51. The fraction of sp³-hybridized carbons (Fsp3) is 0.238. The molecular formula is C21H29SiTi. The van der Waals surface area contributed by atoms with Crippen LogP contribution in [0, 0.1) is 0 Å². The first-order valence-electron chi connectivity index (χ1n) is 7.73. The number of hydrogen-bond acceptors (Lipinski definition) is 0. The van der Waals surface area contributed by atoms with Crippen LogP contribution in [0.25, 0.3) is 11.1 Å². The molecule has 1 aliphatic rings. The van der Waals surface area contributed by atoms with Gasteiger partial charge in [0.25, 0.3) is 0 Å². The van der Waals surface area contributed by atoms with Gasteiger partial charge in [-0.3, -0.25) is 0 Å². The molecule has 0 N–H and O–H groups in total. The molecule has 0 amide bonds. The number of allylic oxidation sites excluding steroid dienone is 2. The number of fused-ring (bicyclic) bond motifs is 3. The van der Waals surface area contributed by atoms with Crippen molar-refractivity contribution >= 4 is 11.0 Å². The zero-order valence-electron chi connectivity index (χ0n) is 14.1. The van der Waals surface area contributed by atoms with E-state index in [1.165, 1.54) is 11.1 Å². The van der Waals surface area contributed by atoms with Gasteiger partial charge in [-0.05, 0) is 24.8 Å². The first kappa shape index (κ1) is 19.9. The molecule has 0 unspecified atom stereocenters. The van der Waals surface area contributed by atoms with E-state index in [1.54, 1.807) is 11.1 Å². The third kappa shape index (κ3) is 4.44. The van der Waals surface area contributed by atoms with Crippen LogP contribution in [-0.2, 0) is 17.9 Å². The molecule has 0 aliphatic heterocycles. The molecule has 2 aromatic rings. The molecule has 2 aromatic carbocycles. The van der Waals surface area contributed by atoms with Crippen molar-refractivity contribution in [2.75, 3.05) is 0 Å². The topological polar surface area (TPSA) is 0 Å². The summed E-state index contributed by atoms with van der Waals surface area (Å²) in [4.78, 5) is 0. The van der Waals surface area contributed by atoms with E-state index in [2.05, 4.69) is 72.1 Å². The Balaban J connectivity index is 0.000000330. The van der Waals surface area contributed by atoms with E-state index in [4.69, 9.17) is 0 Å². The first-order chi connectivity index (χ1) is 10.4. The molecule has 23 heavy (non-hydrogen) atoms. The largest absolute Gasteiger partial charge is 0.0149 e. The molecule has 2 heteroatoms. The third-order valence-electron chi connectivity index (χ3n) is 4.14. The minimum absolute atomic E-state index is 0. The molecule has 0 radical (unpaired) electrons. The quantitative estimate of drug-likeness (QED) is 0.515. The molecule has 0 heterocycles. The summed E-state index contributed by atoms with van der Waals surface area (Å²) in [5.41, 5.74) is 8.21. The molecule has 0 aromatic heterocycles. The molecule has 0 spiro atoms. The Bertz CT molecular complexity index is 643. The number of hydrogen-bond donors (Lipinski definition) is 0. The normalized spacial score (nSPS) is 11.3. The van der Waals surface area contributed by atoms with E-state index in [9.17, 15) is 0 Å². The second kappa shape index (κ2) is 8.63. The summed E-state index contributed by atoms with van der Waals surface area (Å²) in [6.45, 7) is 11.2. The van der Waals surface area contributed by atoms with Crippen LogP contribution in [0.4, 0.5) is 0 Å². The minimum Gasteiger partial charge on any atom is -0.0149 e. The SMILES string of the molecule is C=C(C)C(=C)C.[CH3][Ti]([CH3])[CH]1c2ccccc2-c2ccccc21.[SiH4]. The predicted octanol–water partition coefficient (Wildman–Crippen LogP) is 5.16. The van der Waals surface area contributed by atoms with Crippen LogP contribution in [0.15, 0.2) is 72.8 Å². The molecule has 0 atom stereocenters. The van der Waals surface area contributed by atoms with Gasteiger partial charge in [0, 0.05) is 0 Å². The zero-order valence-corrected chi connectivity index (χ0v) is 15.7. The van der Waals surface area contributed by atoms with Crippen LogP contribution in [0.1, 0.15) is 29.2 Å². The molecule has 0 saturated carbocycles. The van der Waals surface area contributed by atoms with Crippen molar-refractivity contribution in [1.29, 1.82) is 0 Å². The molecule has 1 aliphatic carbocycles. The Hall–Kier alpha value is -1.15. The summed E-state index contributed by atoms with van der Waals surface area (Å²) < 4.78 is 0.743. The van der Waals surface area contributed by atoms with Crippen LogP contribution in [-0.4, -0.2) is 11.0 Å². The summed E-state index contributed by atoms with van der Waals surface area (Å²) in [6.07, 6.45) is 0. The van der Waals surface area contributed by atoms with Crippen LogP contribution in [0.3, 0.4) is 0 Å². The summed E-state index contributed by atoms with van der Waals surface area (Å²) in [7, 11) is 0.